The van der Waals surface area contributed by atoms with E-state index in [1.807, 2.05) is 36.4 Å². The highest BCUT2D eigenvalue weighted by atomic mass is 16.7. The normalized spacial score (nSPS) is 18.3. The van der Waals surface area contributed by atoms with Crippen LogP contribution in [0.4, 0.5) is 5.69 Å². The Morgan fingerprint density at radius 1 is 1.08 bits per heavy atom. The first-order chi connectivity index (χ1) is 12.1. The average molecular weight is 337 g/mol. The predicted octanol–water partition coefficient (Wildman–Crippen LogP) is 4.86. The zero-order valence-electron chi connectivity index (χ0n) is 14.5. The molecule has 0 aromatic heterocycles. The van der Waals surface area contributed by atoms with Crippen molar-refractivity contribution in [1.29, 1.82) is 0 Å². The minimum atomic E-state index is -0.465. The lowest BCUT2D eigenvalue weighted by Crippen LogP contribution is -2.34. The number of nitrogens with one attached hydrogen (secondary N) is 1. The van der Waals surface area contributed by atoms with Crippen LogP contribution in [0.2, 0.25) is 0 Å². The highest BCUT2D eigenvalue weighted by Gasteiger charge is 2.44. The van der Waals surface area contributed by atoms with Gasteiger partial charge in [-0.05, 0) is 36.5 Å². The van der Waals surface area contributed by atoms with Gasteiger partial charge in [0.05, 0.1) is 0 Å². The number of fused-ring (bicyclic) bond motifs is 1. The lowest BCUT2D eigenvalue weighted by molar-refractivity contribution is -0.116. The summed E-state index contributed by atoms with van der Waals surface area (Å²) in [7, 11) is 0. The molecule has 4 heteroatoms. The third-order valence-corrected chi connectivity index (χ3v) is 5.04. The smallest absolute Gasteiger partial charge is 0.251 e. The molecule has 1 saturated carbocycles. The maximum Gasteiger partial charge on any atom is 0.251 e. The fraction of sp³-hybridized carbons (Fsp3) is 0.381. The van der Waals surface area contributed by atoms with E-state index >= 15 is 0 Å². The third kappa shape index (κ3) is 3.34. The van der Waals surface area contributed by atoms with E-state index in [1.54, 1.807) is 0 Å². The molecule has 4 rings (SSSR count). The summed E-state index contributed by atoms with van der Waals surface area (Å²) in [4.78, 5) is 12.4. The van der Waals surface area contributed by atoms with Gasteiger partial charge in [0.2, 0.25) is 5.91 Å². The van der Waals surface area contributed by atoms with Crippen LogP contribution < -0.4 is 14.8 Å². The molecule has 1 N–H and O–H groups in total. The molecule has 0 bridgehead atoms. The standard InChI is InChI=1S/C21H23NO3/c1-15(16-7-3-2-4-8-16)13-20(23)22-17-9-10-18-19(14-17)25-21(24-18)11-5-6-12-21/h2-4,7-10,14-15H,5-6,11-13H2,1H3,(H,22,23). The summed E-state index contributed by atoms with van der Waals surface area (Å²) in [5.41, 5.74) is 1.93. The monoisotopic (exact) mass is 337 g/mol. The zero-order valence-corrected chi connectivity index (χ0v) is 14.5. The highest BCUT2D eigenvalue weighted by Crippen LogP contribution is 2.47. The Hall–Kier alpha value is -2.49. The van der Waals surface area contributed by atoms with Crippen LogP contribution in [0.25, 0.3) is 0 Å². The quantitative estimate of drug-likeness (QED) is 0.866. The SMILES string of the molecule is CC(CC(=O)Nc1ccc2c(c1)OC1(CCCC1)O2)c1ccccc1. The van der Waals surface area contributed by atoms with Crippen LogP contribution in [0.5, 0.6) is 11.5 Å². The lowest BCUT2D eigenvalue weighted by Gasteiger charge is -2.21. The van der Waals surface area contributed by atoms with Crippen LogP contribution in [-0.4, -0.2) is 11.7 Å². The van der Waals surface area contributed by atoms with Crippen molar-refractivity contribution >= 4 is 11.6 Å². The molecule has 1 heterocycles. The number of hydrogen-bond donors (Lipinski definition) is 1. The topological polar surface area (TPSA) is 47.6 Å². The first-order valence-electron chi connectivity index (χ1n) is 9.00. The highest BCUT2D eigenvalue weighted by molar-refractivity contribution is 5.91. The minimum absolute atomic E-state index is 0.00537. The van der Waals surface area contributed by atoms with Gasteiger partial charge >= 0.3 is 0 Å². The molecular formula is C21H23NO3. The summed E-state index contributed by atoms with van der Waals surface area (Å²) in [5.74, 6) is 1.23. The maximum absolute atomic E-state index is 12.4. The number of benzene rings is 2. The van der Waals surface area contributed by atoms with Crippen molar-refractivity contribution in [3.05, 3.63) is 54.1 Å². The van der Waals surface area contributed by atoms with Crippen molar-refractivity contribution in [3.63, 3.8) is 0 Å². The van der Waals surface area contributed by atoms with Gasteiger partial charge in [-0.3, -0.25) is 4.79 Å². The molecule has 1 spiro atoms. The van der Waals surface area contributed by atoms with E-state index in [0.717, 1.165) is 42.9 Å². The molecule has 1 amide bonds. The molecular weight excluding hydrogens is 314 g/mol. The second kappa shape index (κ2) is 6.43. The van der Waals surface area contributed by atoms with Crippen molar-refractivity contribution < 1.29 is 14.3 Å². The number of carbonyl (C=O) groups is 1. The Labute approximate surface area is 148 Å². The van der Waals surface area contributed by atoms with Gasteiger partial charge in [-0.2, -0.15) is 0 Å². The first-order valence-corrected chi connectivity index (χ1v) is 9.00. The zero-order chi connectivity index (χ0) is 17.3. The Balaban J connectivity index is 1.40. The largest absolute Gasteiger partial charge is 0.448 e. The summed E-state index contributed by atoms with van der Waals surface area (Å²) in [5, 5.41) is 2.98. The van der Waals surface area contributed by atoms with Crippen molar-refractivity contribution in [2.45, 2.75) is 50.7 Å². The van der Waals surface area contributed by atoms with Gasteiger partial charge in [0, 0.05) is 31.0 Å². The summed E-state index contributed by atoms with van der Waals surface area (Å²) in [6.07, 6.45) is 4.57. The van der Waals surface area contributed by atoms with Gasteiger partial charge in [-0.1, -0.05) is 37.3 Å². The van der Waals surface area contributed by atoms with Crippen molar-refractivity contribution in [3.8, 4) is 11.5 Å². The summed E-state index contributed by atoms with van der Waals surface area (Å²) in [6, 6.07) is 15.7. The number of amides is 1. The predicted molar refractivity (Wildman–Crippen MR) is 97.0 cm³/mol. The molecule has 0 saturated heterocycles. The summed E-state index contributed by atoms with van der Waals surface area (Å²) < 4.78 is 12.1. The molecule has 25 heavy (non-hydrogen) atoms. The molecule has 2 aliphatic rings. The van der Waals surface area contributed by atoms with Crippen molar-refractivity contribution in [1.82, 2.24) is 0 Å². The third-order valence-electron chi connectivity index (χ3n) is 5.04. The molecule has 1 fully saturated rings. The van der Waals surface area contributed by atoms with Crippen molar-refractivity contribution in [2.75, 3.05) is 5.32 Å². The number of hydrogen-bond acceptors (Lipinski definition) is 3. The fourth-order valence-electron chi connectivity index (χ4n) is 3.68. The lowest BCUT2D eigenvalue weighted by atomic mass is 9.97. The Morgan fingerprint density at radius 2 is 1.80 bits per heavy atom. The van der Waals surface area contributed by atoms with E-state index < -0.39 is 5.79 Å². The van der Waals surface area contributed by atoms with Gasteiger partial charge in [0.1, 0.15) is 0 Å². The maximum atomic E-state index is 12.4. The van der Waals surface area contributed by atoms with E-state index in [0.29, 0.717) is 6.42 Å². The summed E-state index contributed by atoms with van der Waals surface area (Å²) >= 11 is 0. The Kier molecular flexibility index (Phi) is 4.12. The molecule has 1 atom stereocenters. The molecule has 130 valence electrons. The molecule has 4 nitrogen and oxygen atoms in total. The first kappa shape index (κ1) is 16.0. The molecule has 1 aliphatic heterocycles. The molecule has 2 aromatic rings. The van der Waals surface area contributed by atoms with Crippen LogP contribution in [0.1, 0.15) is 50.5 Å². The van der Waals surface area contributed by atoms with Gasteiger partial charge in [0.25, 0.3) is 5.79 Å². The molecule has 1 aliphatic carbocycles. The van der Waals surface area contributed by atoms with E-state index in [4.69, 9.17) is 9.47 Å². The molecule has 1 unspecified atom stereocenters. The van der Waals surface area contributed by atoms with E-state index in [2.05, 4.69) is 24.4 Å². The van der Waals surface area contributed by atoms with Gasteiger partial charge in [-0.15, -0.1) is 0 Å². The Bertz CT molecular complexity index is 766. The van der Waals surface area contributed by atoms with Crippen LogP contribution in [0.15, 0.2) is 48.5 Å². The number of carbonyl (C=O) groups excluding carboxylic acids is 1. The second-order valence-electron chi connectivity index (χ2n) is 7.05. The van der Waals surface area contributed by atoms with E-state index in [1.165, 1.54) is 5.56 Å². The molecule has 0 radical (unpaired) electrons. The second-order valence-corrected chi connectivity index (χ2v) is 7.05. The van der Waals surface area contributed by atoms with Gasteiger partial charge in [-0.25, -0.2) is 0 Å². The molecule has 2 aromatic carbocycles. The number of anilines is 1. The van der Waals surface area contributed by atoms with Crippen LogP contribution in [0, 0.1) is 0 Å². The minimum Gasteiger partial charge on any atom is -0.448 e. The van der Waals surface area contributed by atoms with Gasteiger partial charge in [0.15, 0.2) is 11.5 Å². The van der Waals surface area contributed by atoms with Crippen LogP contribution in [-0.2, 0) is 4.79 Å². The average Bonchev–Trinajstić information content (AvgIpc) is 3.21. The van der Waals surface area contributed by atoms with Crippen LogP contribution in [0.3, 0.4) is 0 Å². The summed E-state index contributed by atoms with van der Waals surface area (Å²) in [6.45, 7) is 2.07. The van der Waals surface area contributed by atoms with E-state index in [9.17, 15) is 4.79 Å². The van der Waals surface area contributed by atoms with Crippen molar-refractivity contribution in [2.24, 2.45) is 0 Å². The van der Waals surface area contributed by atoms with Gasteiger partial charge < -0.3 is 14.8 Å². The number of rotatable bonds is 4. The Morgan fingerprint density at radius 3 is 2.56 bits per heavy atom. The fourth-order valence-corrected chi connectivity index (χ4v) is 3.68. The van der Waals surface area contributed by atoms with E-state index in [-0.39, 0.29) is 11.8 Å². The number of ether oxygens (including phenoxy) is 2. The van der Waals surface area contributed by atoms with Crippen LogP contribution >= 0.6 is 0 Å².